The van der Waals surface area contributed by atoms with Gasteiger partial charge in [0.25, 0.3) is 0 Å². The maximum Gasteiger partial charge on any atom is 0.449 e. The van der Waals surface area contributed by atoms with Gasteiger partial charge >= 0.3 is 12.4 Å². The molecule has 1 aromatic heterocycles. The molecule has 1 aliphatic carbocycles. The summed E-state index contributed by atoms with van der Waals surface area (Å²) in [6.07, 6.45) is -7.04. The number of nitrogens with one attached hydrogen (secondary N) is 1. The zero-order chi connectivity index (χ0) is 22.6. The maximum absolute atomic E-state index is 13.1. The number of rotatable bonds is 4. The molecule has 1 unspecified atom stereocenters. The monoisotopic (exact) mass is 445 g/mol. The first kappa shape index (κ1) is 21.2. The molecule has 1 atom stereocenters. The molecule has 0 radical (unpaired) electrons. The zero-order valence-electron chi connectivity index (χ0n) is 15.8. The molecule has 31 heavy (non-hydrogen) atoms. The van der Waals surface area contributed by atoms with Crippen LogP contribution in [0.1, 0.15) is 30.1 Å². The quantitative estimate of drug-likeness (QED) is 0.629. The molecule has 2 aliphatic rings. The van der Waals surface area contributed by atoms with Crippen molar-refractivity contribution in [2.45, 2.75) is 43.4 Å². The van der Waals surface area contributed by atoms with Crippen LogP contribution in [0.3, 0.4) is 0 Å². The molecule has 2 heterocycles. The van der Waals surface area contributed by atoms with Crippen molar-refractivity contribution in [3.8, 4) is 11.4 Å². The average molecular weight is 445 g/mol. The molecule has 0 amide bonds. The molecule has 166 valence electrons. The Morgan fingerprint density at radius 1 is 1.03 bits per heavy atom. The van der Waals surface area contributed by atoms with E-state index in [0.717, 1.165) is 19.0 Å². The second-order valence-electron chi connectivity index (χ2n) is 7.42. The van der Waals surface area contributed by atoms with E-state index in [0.29, 0.717) is 11.1 Å². The highest BCUT2D eigenvalue weighted by atomic mass is 19.4. The van der Waals surface area contributed by atoms with Gasteiger partial charge in [-0.15, -0.1) is 0 Å². The van der Waals surface area contributed by atoms with Crippen LogP contribution in [-0.4, -0.2) is 33.3 Å². The highest BCUT2D eigenvalue weighted by Gasteiger charge is 2.42. The van der Waals surface area contributed by atoms with Gasteiger partial charge in [0.2, 0.25) is 11.6 Å². The van der Waals surface area contributed by atoms with E-state index in [4.69, 9.17) is 11.5 Å². The van der Waals surface area contributed by atoms with Gasteiger partial charge in [-0.05, 0) is 18.4 Å². The number of nitrogens with zero attached hydrogens (tertiary/aromatic N) is 4. The molecule has 1 saturated carbocycles. The summed E-state index contributed by atoms with van der Waals surface area (Å²) in [6, 6.07) is 6.08. The van der Waals surface area contributed by atoms with Crippen molar-refractivity contribution in [2.24, 2.45) is 21.5 Å². The van der Waals surface area contributed by atoms with Crippen molar-refractivity contribution in [1.82, 2.24) is 14.9 Å². The third-order valence-corrected chi connectivity index (χ3v) is 4.77. The van der Waals surface area contributed by atoms with Crippen molar-refractivity contribution in [1.29, 1.82) is 0 Å². The minimum Gasteiger partial charge on any atom is -0.370 e. The van der Waals surface area contributed by atoms with E-state index in [2.05, 4.69) is 15.0 Å². The molecule has 0 saturated heterocycles. The number of aromatic nitrogens is 2. The fourth-order valence-electron chi connectivity index (χ4n) is 3.26. The van der Waals surface area contributed by atoms with Gasteiger partial charge in [0, 0.05) is 24.2 Å². The number of halogens is 6. The van der Waals surface area contributed by atoms with Crippen molar-refractivity contribution >= 4 is 11.8 Å². The average Bonchev–Trinajstić information content (AvgIpc) is 3.37. The van der Waals surface area contributed by atoms with Gasteiger partial charge in [-0.1, -0.05) is 24.3 Å². The fraction of sp³-hybridized carbons (Fsp3) is 0.389. The summed E-state index contributed by atoms with van der Waals surface area (Å²) in [5, 5.41) is 1.83. The van der Waals surface area contributed by atoms with E-state index in [1.807, 2.05) is 5.32 Å². The molecular weight excluding hydrogens is 428 g/mol. The van der Waals surface area contributed by atoms with Gasteiger partial charge in [0.15, 0.2) is 11.7 Å². The molecule has 7 nitrogen and oxygen atoms in total. The zero-order valence-corrected chi connectivity index (χ0v) is 15.8. The lowest BCUT2D eigenvalue weighted by Gasteiger charge is -2.28. The summed E-state index contributed by atoms with van der Waals surface area (Å²) < 4.78 is 79.7. The number of benzene rings is 1. The highest BCUT2D eigenvalue weighted by molar-refractivity contribution is 6.03. The van der Waals surface area contributed by atoms with Gasteiger partial charge < -0.3 is 15.6 Å². The Labute approximate surface area is 171 Å². The predicted octanol–water partition coefficient (Wildman–Crippen LogP) is 2.94. The number of guanidine groups is 1. The molecule has 1 aromatic carbocycles. The summed E-state index contributed by atoms with van der Waals surface area (Å²) in [7, 11) is 0. The molecular formula is C18H17F6N7. The number of imidazole rings is 1. The van der Waals surface area contributed by atoms with Crippen LogP contribution in [0.25, 0.3) is 11.4 Å². The normalized spacial score (nSPS) is 22.0. The second-order valence-corrected chi connectivity index (χ2v) is 7.42. The van der Waals surface area contributed by atoms with Crippen LogP contribution in [0.5, 0.6) is 0 Å². The largest absolute Gasteiger partial charge is 0.449 e. The first-order valence-corrected chi connectivity index (χ1v) is 9.18. The van der Waals surface area contributed by atoms with Crippen LogP contribution in [0.4, 0.5) is 26.3 Å². The van der Waals surface area contributed by atoms with E-state index in [9.17, 15) is 26.3 Å². The summed E-state index contributed by atoms with van der Waals surface area (Å²) in [4.78, 5) is 10.9. The van der Waals surface area contributed by atoms with Crippen LogP contribution in [0.2, 0.25) is 0 Å². The van der Waals surface area contributed by atoms with Crippen molar-refractivity contribution in [2.75, 3.05) is 0 Å². The Bertz CT molecular complexity index is 1050. The number of amidine groups is 1. The van der Waals surface area contributed by atoms with Crippen LogP contribution in [0.15, 0.2) is 40.4 Å². The molecule has 0 spiro atoms. The lowest BCUT2D eigenvalue weighted by Crippen LogP contribution is -2.55. The molecule has 2 aromatic rings. The topological polar surface area (TPSA) is 107 Å². The van der Waals surface area contributed by atoms with Gasteiger partial charge in [0.05, 0.1) is 0 Å². The maximum atomic E-state index is 13.1. The van der Waals surface area contributed by atoms with Crippen molar-refractivity contribution in [3.05, 3.63) is 41.7 Å². The fourth-order valence-corrected chi connectivity index (χ4v) is 3.26. The van der Waals surface area contributed by atoms with E-state index in [1.165, 1.54) is 28.8 Å². The number of hydrogen-bond donors (Lipinski definition) is 3. The van der Waals surface area contributed by atoms with Gasteiger partial charge in [-0.3, -0.25) is 5.73 Å². The Kier molecular flexibility index (Phi) is 4.76. The van der Waals surface area contributed by atoms with Crippen molar-refractivity contribution in [3.63, 3.8) is 0 Å². The summed E-state index contributed by atoms with van der Waals surface area (Å²) in [5.41, 5.74) is 11.2. The van der Waals surface area contributed by atoms with Crippen molar-refractivity contribution < 1.29 is 26.3 Å². The second kappa shape index (κ2) is 6.97. The Morgan fingerprint density at radius 2 is 1.68 bits per heavy atom. The summed E-state index contributed by atoms with van der Waals surface area (Å²) >= 11 is 0. The number of aliphatic imine (C=N–C) groups is 2. The lowest BCUT2D eigenvalue weighted by molar-refractivity contribution is -0.140. The minimum atomic E-state index is -4.79. The smallest absolute Gasteiger partial charge is 0.370 e. The number of nitrogens with two attached hydrogens (primary N) is 2. The number of alkyl halides is 6. The molecule has 13 heteroatoms. The van der Waals surface area contributed by atoms with E-state index < -0.39 is 35.6 Å². The third-order valence-electron chi connectivity index (χ3n) is 4.77. The van der Waals surface area contributed by atoms with E-state index in [1.54, 1.807) is 0 Å². The first-order valence-electron chi connectivity index (χ1n) is 9.18. The van der Waals surface area contributed by atoms with Gasteiger partial charge in [-0.2, -0.15) is 26.3 Å². The first-order chi connectivity index (χ1) is 14.3. The SMILES string of the molecule is NC1=NC(N)(Cc2ccc(-c3nc(C(F)(F)F)cn3C3CC3)cc2)N=C(C(F)(F)F)N1. The summed E-state index contributed by atoms with van der Waals surface area (Å²) in [6.45, 7) is 0. The summed E-state index contributed by atoms with van der Waals surface area (Å²) in [5.74, 6) is -3.68. The van der Waals surface area contributed by atoms with E-state index in [-0.39, 0.29) is 18.3 Å². The van der Waals surface area contributed by atoms with Crippen LogP contribution in [0, 0.1) is 0 Å². The van der Waals surface area contributed by atoms with E-state index >= 15 is 0 Å². The van der Waals surface area contributed by atoms with Crippen LogP contribution in [-0.2, 0) is 12.6 Å². The Hall–Kier alpha value is -3.09. The number of hydrogen-bond acceptors (Lipinski definition) is 6. The molecule has 1 aliphatic heterocycles. The van der Waals surface area contributed by atoms with Gasteiger partial charge in [-0.25, -0.2) is 15.0 Å². The molecule has 1 fully saturated rings. The molecule has 5 N–H and O–H groups in total. The third kappa shape index (κ3) is 4.50. The minimum absolute atomic E-state index is 0.0345. The van der Waals surface area contributed by atoms with Crippen LogP contribution < -0.4 is 16.8 Å². The Balaban J connectivity index is 1.60. The molecule has 0 bridgehead atoms. The molecule has 4 rings (SSSR count). The Morgan fingerprint density at radius 3 is 2.23 bits per heavy atom. The van der Waals surface area contributed by atoms with Gasteiger partial charge in [0.1, 0.15) is 5.82 Å². The van der Waals surface area contributed by atoms with Crippen LogP contribution >= 0.6 is 0 Å². The standard InChI is InChI=1S/C18H17F6N7/c19-17(20,21)12-8-31(11-5-6-11)13(27-12)10-3-1-9(2-4-10)7-16(26)29-14(18(22,23)24)28-15(25)30-16/h1-4,8,11H,5-7,26H2,(H3,25,28,29,30). The predicted molar refractivity (Wildman–Crippen MR) is 99.8 cm³/mol. The lowest BCUT2D eigenvalue weighted by atomic mass is 10.0. The highest BCUT2D eigenvalue weighted by Crippen LogP contribution is 2.41.